The fraction of sp³-hybridized carbons (Fsp3) is 0.615. The van der Waals surface area contributed by atoms with E-state index in [-0.39, 0.29) is 0 Å². The van der Waals surface area contributed by atoms with E-state index in [4.69, 9.17) is 9.84 Å². The van der Waals surface area contributed by atoms with E-state index < -0.39 is 5.97 Å². The highest BCUT2D eigenvalue weighted by atomic mass is 32.1. The summed E-state index contributed by atoms with van der Waals surface area (Å²) < 4.78 is 5.30. The average molecular weight is 284 g/mol. The van der Waals surface area contributed by atoms with E-state index in [9.17, 15) is 4.79 Å². The molecule has 0 bridgehead atoms. The van der Waals surface area contributed by atoms with Crippen LogP contribution in [0.15, 0.2) is 11.4 Å². The van der Waals surface area contributed by atoms with Crippen LogP contribution in [0.1, 0.15) is 21.7 Å². The van der Waals surface area contributed by atoms with Gasteiger partial charge in [-0.05, 0) is 25.6 Å². The van der Waals surface area contributed by atoms with E-state index in [1.807, 2.05) is 0 Å². The molecule has 1 aromatic heterocycles. The number of hydrogen-bond donors (Lipinski definition) is 2. The average Bonchev–Trinajstić information content (AvgIpc) is 2.89. The SMILES string of the molecule is O=C(O)c1csc(CNCCCN2CCOCC2)c1. The molecule has 2 N–H and O–H groups in total. The number of thiophene rings is 1. The van der Waals surface area contributed by atoms with Crippen LogP contribution in [-0.2, 0) is 11.3 Å². The molecule has 0 atom stereocenters. The molecule has 1 aliphatic rings. The third-order valence-electron chi connectivity index (χ3n) is 3.13. The Morgan fingerprint density at radius 2 is 2.26 bits per heavy atom. The maximum Gasteiger partial charge on any atom is 0.336 e. The predicted molar refractivity (Wildman–Crippen MR) is 74.9 cm³/mol. The summed E-state index contributed by atoms with van der Waals surface area (Å²) in [6, 6.07) is 1.74. The fourth-order valence-electron chi connectivity index (χ4n) is 2.05. The number of carboxylic acids is 1. The first kappa shape index (κ1) is 14.5. The molecule has 2 heterocycles. The van der Waals surface area contributed by atoms with Crippen molar-refractivity contribution in [2.75, 3.05) is 39.4 Å². The minimum Gasteiger partial charge on any atom is -0.478 e. The Morgan fingerprint density at radius 1 is 1.47 bits per heavy atom. The summed E-state index contributed by atoms with van der Waals surface area (Å²) in [6.45, 7) is 6.57. The van der Waals surface area contributed by atoms with Crippen molar-refractivity contribution in [1.82, 2.24) is 10.2 Å². The second-order valence-electron chi connectivity index (χ2n) is 4.59. The van der Waals surface area contributed by atoms with Gasteiger partial charge >= 0.3 is 5.97 Å². The van der Waals surface area contributed by atoms with Crippen LogP contribution >= 0.6 is 11.3 Å². The van der Waals surface area contributed by atoms with Crippen LogP contribution in [-0.4, -0.2) is 55.4 Å². The minimum atomic E-state index is -0.852. The zero-order valence-electron chi connectivity index (χ0n) is 10.9. The molecular weight excluding hydrogens is 264 g/mol. The van der Waals surface area contributed by atoms with Crippen molar-refractivity contribution in [3.8, 4) is 0 Å². The number of morpholine rings is 1. The lowest BCUT2D eigenvalue weighted by Gasteiger charge is -2.26. The molecule has 0 radical (unpaired) electrons. The van der Waals surface area contributed by atoms with Gasteiger partial charge in [0.1, 0.15) is 0 Å². The molecule has 5 nitrogen and oxygen atoms in total. The largest absolute Gasteiger partial charge is 0.478 e. The van der Waals surface area contributed by atoms with Crippen LogP contribution in [0, 0.1) is 0 Å². The van der Waals surface area contributed by atoms with Crippen molar-refractivity contribution in [2.24, 2.45) is 0 Å². The Labute approximate surface area is 117 Å². The maximum atomic E-state index is 10.7. The Morgan fingerprint density at radius 3 is 2.95 bits per heavy atom. The number of hydrogen-bond acceptors (Lipinski definition) is 5. The van der Waals surface area contributed by atoms with E-state index in [1.54, 1.807) is 11.4 Å². The lowest BCUT2D eigenvalue weighted by molar-refractivity contribution is 0.0374. The summed E-state index contributed by atoms with van der Waals surface area (Å²) in [5.74, 6) is -0.852. The summed E-state index contributed by atoms with van der Waals surface area (Å²) in [5, 5.41) is 13.9. The van der Waals surface area contributed by atoms with Crippen LogP contribution in [0.25, 0.3) is 0 Å². The number of rotatable bonds is 7. The summed E-state index contributed by atoms with van der Waals surface area (Å²) in [5.41, 5.74) is 0.384. The van der Waals surface area contributed by atoms with Gasteiger partial charge in [-0.15, -0.1) is 11.3 Å². The first-order valence-electron chi connectivity index (χ1n) is 6.57. The smallest absolute Gasteiger partial charge is 0.336 e. The lowest BCUT2D eigenvalue weighted by Crippen LogP contribution is -2.37. The van der Waals surface area contributed by atoms with Crippen molar-refractivity contribution in [2.45, 2.75) is 13.0 Å². The van der Waals surface area contributed by atoms with Crippen molar-refractivity contribution < 1.29 is 14.6 Å². The Hall–Kier alpha value is -0.950. The molecular formula is C13H20N2O3S. The van der Waals surface area contributed by atoms with E-state index >= 15 is 0 Å². The molecule has 19 heavy (non-hydrogen) atoms. The Kier molecular flexibility index (Phi) is 5.78. The molecule has 1 aromatic rings. The molecule has 106 valence electrons. The summed E-state index contributed by atoms with van der Waals surface area (Å²) in [6.07, 6.45) is 1.11. The number of carboxylic acid groups (broad SMARTS) is 1. The van der Waals surface area contributed by atoms with E-state index in [1.165, 1.54) is 11.3 Å². The molecule has 2 rings (SSSR count). The van der Waals surface area contributed by atoms with Crippen LogP contribution < -0.4 is 5.32 Å². The normalized spacial score (nSPS) is 16.6. The third-order valence-corrected chi connectivity index (χ3v) is 4.07. The number of ether oxygens (including phenoxy) is 1. The summed E-state index contributed by atoms with van der Waals surface area (Å²) in [7, 11) is 0. The molecule has 0 aliphatic carbocycles. The number of aromatic carboxylic acids is 1. The second-order valence-corrected chi connectivity index (χ2v) is 5.59. The van der Waals surface area contributed by atoms with E-state index in [0.717, 1.165) is 57.2 Å². The highest BCUT2D eigenvalue weighted by Crippen LogP contribution is 2.14. The number of carbonyl (C=O) groups is 1. The van der Waals surface area contributed by atoms with Crippen molar-refractivity contribution in [1.29, 1.82) is 0 Å². The van der Waals surface area contributed by atoms with Crippen LogP contribution in [0.2, 0.25) is 0 Å². The molecule has 0 unspecified atom stereocenters. The zero-order chi connectivity index (χ0) is 13.5. The quantitative estimate of drug-likeness (QED) is 0.738. The molecule has 6 heteroatoms. The highest BCUT2D eigenvalue weighted by molar-refractivity contribution is 7.10. The Balaban J connectivity index is 1.57. The van der Waals surface area contributed by atoms with Gasteiger partial charge in [0.2, 0.25) is 0 Å². The van der Waals surface area contributed by atoms with Crippen LogP contribution in [0.3, 0.4) is 0 Å². The molecule has 1 saturated heterocycles. The number of nitrogens with zero attached hydrogens (tertiary/aromatic N) is 1. The van der Waals surface area contributed by atoms with Gasteiger partial charge in [-0.2, -0.15) is 0 Å². The topological polar surface area (TPSA) is 61.8 Å². The Bertz CT molecular complexity index is 402. The van der Waals surface area contributed by atoms with Gasteiger partial charge in [0.25, 0.3) is 0 Å². The molecule has 0 saturated carbocycles. The van der Waals surface area contributed by atoms with Crippen LogP contribution in [0.5, 0.6) is 0 Å². The highest BCUT2D eigenvalue weighted by Gasteiger charge is 2.09. The maximum absolute atomic E-state index is 10.7. The lowest BCUT2D eigenvalue weighted by atomic mass is 10.3. The fourth-order valence-corrected chi connectivity index (χ4v) is 2.88. The van der Waals surface area contributed by atoms with Gasteiger partial charge in [0.05, 0.1) is 18.8 Å². The molecule has 1 fully saturated rings. The predicted octanol–water partition coefficient (Wildman–Crippen LogP) is 1.26. The molecule has 1 aliphatic heterocycles. The van der Waals surface area contributed by atoms with Gasteiger partial charge in [-0.25, -0.2) is 4.79 Å². The number of nitrogens with one attached hydrogen (secondary N) is 1. The second kappa shape index (κ2) is 7.59. The van der Waals surface area contributed by atoms with Gasteiger partial charge in [0.15, 0.2) is 0 Å². The van der Waals surface area contributed by atoms with E-state index in [2.05, 4.69) is 10.2 Å². The van der Waals surface area contributed by atoms with Crippen molar-refractivity contribution in [3.63, 3.8) is 0 Å². The molecule has 0 spiro atoms. The van der Waals surface area contributed by atoms with Gasteiger partial charge < -0.3 is 15.2 Å². The monoisotopic (exact) mass is 284 g/mol. The van der Waals surface area contributed by atoms with Gasteiger partial charge in [0, 0.05) is 29.9 Å². The third kappa shape index (κ3) is 4.91. The first-order chi connectivity index (χ1) is 9.25. The summed E-state index contributed by atoms with van der Waals surface area (Å²) >= 11 is 1.49. The zero-order valence-corrected chi connectivity index (χ0v) is 11.7. The van der Waals surface area contributed by atoms with Gasteiger partial charge in [-0.1, -0.05) is 0 Å². The van der Waals surface area contributed by atoms with Crippen LogP contribution in [0.4, 0.5) is 0 Å². The van der Waals surface area contributed by atoms with Gasteiger partial charge in [-0.3, -0.25) is 4.90 Å². The van der Waals surface area contributed by atoms with E-state index in [0.29, 0.717) is 5.56 Å². The molecule has 0 aromatic carbocycles. The van der Waals surface area contributed by atoms with Crippen molar-refractivity contribution >= 4 is 17.3 Å². The standard InChI is InChI=1S/C13H20N2O3S/c16-13(17)11-8-12(19-10-11)9-14-2-1-3-15-4-6-18-7-5-15/h8,10,14H,1-7,9H2,(H,16,17). The first-order valence-corrected chi connectivity index (χ1v) is 7.45. The van der Waals surface area contributed by atoms with Crippen molar-refractivity contribution in [3.05, 3.63) is 21.9 Å². The molecule has 0 amide bonds. The minimum absolute atomic E-state index is 0.384. The summed E-state index contributed by atoms with van der Waals surface area (Å²) in [4.78, 5) is 14.2.